The van der Waals surface area contributed by atoms with Gasteiger partial charge in [-0.15, -0.1) is 0 Å². The fourth-order valence-electron chi connectivity index (χ4n) is 4.25. The molecule has 2 aliphatic carbocycles. The van der Waals surface area contributed by atoms with Crippen LogP contribution in [0.5, 0.6) is 0 Å². The van der Waals surface area contributed by atoms with Crippen LogP contribution in [0, 0.1) is 16.2 Å². The van der Waals surface area contributed by atoms with Crippen LogP contribution in [0.15, 0.2) is 0 Å². The van der Waals surface area contributed by atoms with Crippen molar-refractivity contribution in [1.29, 1.82) is 0 Å². The predicted octanol–water partition coefficient (Wildman–Crippen LogP) is 3.57. The van der Waals surface area contributed by atoms with Crippen LogP contribution in [0.1, 0.15) is 59.8 Å². The van der Waals surface area contributed by atoms with Gasteiger partial charge in [0.05, 0.1) is 0 Å². The SMILES string of the molecule is CC1(C)CCC[C@]12CCC(=O)C2(C)C. The molecule has 1 nitrogen and oxygen atoms in total. The summed E-state index contributed by atoms with van der Waals surface area (Å²) in [4.78, 5) is 11.9. The summed E-state index contributed by atoms with van der Waals surface area (Å²) in [6.45, 7) is 9.07. The molecular weight excluding hydrogens is 172 g/mol. The van der Waals surface area contributed by atoms with Gasteiger partial charge in [-0.25, -0.2) is 0 Å². The molecule has 2 aliphatic rings. The Balaban J connectivity index is 2.46. The molecule has 2 rings (SSSR count). The molecule has 0 aromatic rings. The quantitative estimate of drug-likeness (QED) is 0.576. The molecule has 0 amide bonds. The van der Waals surface area contributed by atoms with Gasteiger partial charge >= 0.3 is 0 Å². The van der Waals surface area contributed by atoms with E-state index >= 15 is 0 Å². The number of hydrogen-bond acceptors (Lipinski definition) is 1. The minimum atomic E-state index is -0.0764. The fourth-order valence-corrected chi connectivity index (χ4v) is 4.25. The zero-order valence-corrected chi connectivity index (χ0v) is 9.94. The maximum Gasteiger partial charge on any atom is 0.139 e. The third kappa shape index (κ3) is 0.936. The molecule has 0 N–H and O–H groups in total. The van der Waals surface area contributed by atoms with Gasteiger partial charge in [0.1, 0.15) is 5.78 Å². The first kappa shape index (κ1) is 10.2. The van der Waals surface area contributed by atoms with Crippen LogP contribution < -0.4 is 0 Å². The van der Waals surface area contributed by atoms with Gasteiger partial charge in [0.25, 0.3) is 0 Å². The number of ketones is 1. The molecule has 1 heteroatoms. The summed E-state index contributed by atoms with van der Waals surface area (Å²) in [5, 5.41) is 0. The summed E-state index contributed by atoms with van der Waals surface area (Å²) in [5.41, 5.74) is 0.590. The average molecular weight is 194 g/mol. The number of Topliss-reactive ketones (excluding diaryl/α,β-unsaturated/α-hetero) is 1. The van der Waals surface area contributed by atoms with Crippen LogP contribution >= 0.6 is 0 Å². The second-order valence-corrected chi connectivity index (χ2v) is 6.37. The van der Waals surface area contributed by atoms with Crippen LogP contribution in [0.4, 0.5) is 0 Å². The Morgan fingerprint density at radius 3 is 2.00 bits per heavy atom. The first-order valence-corrected chi connectivity index (χ1v) is 5.87. The minimum absolute atomic E-state index is 0.0764. The summed E-state index contributed by atoms with van der Waals surface area (Å²) in [7, 11) is 0. The van der Waals surface area contributed by atoms with E-state index in [2.05, 4.69) is 27.7 Å². The van der Waals surface area contributed by atoms with Gasteiger partial charge in [-0.2, -0.15) is 0 Å². The lowest BCUT2D eigenvalue weighted by Gasteiger charge is -2.47. The van der Waals surface area contributed by atoms with Crippen molar-refractivity contribution >= 4 is 5.78 Å². The van der Waals surface area contributed by atoms with Gasteiger partial charge in [-0.1, -0.05) is 34.1 Å². The number of hydrogen-bond donors (Lipinski definition) is 0. The van der Waals surface area contributed by atoms with E-state index in [9.17, 15) is 4.79 Å². The lowest BCUT2D eigenvalue weighted by Crippen LogP contribution is -2.44. The Labute approximate surface area is 87.3 Å². The van der Waals surface area contributed by atoms with Gasteiger partial charge in [-0.3, -0.25) is 4.79 Å². The molecule has 0 radical (unpaired) electrons. The van der Waals surface area contributed by atoms with Crippen molar-refractivity contribution in [3.05, 3.63) is 0 Å². The smallest absolute Gasteiger partial charge is 0.139 e. The first-order chi connectivity index (χ1) is 6.33. The summed E-state index contributed by atoms with van der Waals surface area (Å²) in [6.07, 6.45) is 5.81. The third-order valence-corrected chi connectivity index (χ3v) is 5.37. The van der Waals surface area contributed by atoms with Crippen LogP contribution in [-0.4, -0.2) is 5.78 Å². The Bertz CT molecular complexity index is 275. The number of rotatable bonds is 0. The molecule has 0 saturated heterocycles. The van der Waals surface area contributed by atoms with Crippen molar-refractivity contribution in [3.8, 4) is 0 Å². The standard InChI is InChI=1S/C13H22O/c1-11(2)7-5-8-13(11)9-6-10(14)12(13,3)4/h5-9H2,1-4H3/t13-/m0/s1. The van der Waals surface area contributed by atoms with Crippen molar-refractivity contribution in [2.24, 2.45) is 16.2 Å². The van der Waals surface area contributed by atoms with Crippen molar-refractivity contribution in [2.75, 3.05) is 0 Å². The largest absolute Gasteiger partial charge is 0.299 e. The average Bonchev–Trinajstić information content (AvgIpc) is 2.47. The van der Waals surface area contributed by atoms with Crippen molar-refractivity contribution in [3.63, 3.8) is 0 Å². The molecule has 14 heavy (non-hydrogen) atoms. The van der Waals surface area contributed by atoms with E-state index < -0.39 is 0 Å². The van der Waals surface area contributed by atoms with E-state index in [1.54, 1.807) is 0 Å². The van der Waals surface area contributed by atoms with Crippen molar-refractivity contribution < 1.29 is 4.79 Å². The highest BCUT2D eigenvalue weighted by molar-refractivity contribution is 5.87. The van der Waals surface area contributed by atoms with E-state index in [-0.39, 0.29) is 5.41 Å². The molecule has 2 fully saturated rings. The van der Waals surface area contributed by atoms with Gasteiger partial charge < -0.3 is 0 Å². The number of carbonyl (C=O) groups is 1. The lowest BCUT2D eigenvalue weighted by molar-refractivity contribution is -0.130. The summed E-state index contributed by atoms with van der Waals surface area (Å²) in [6, 6.07) is 0. The van der Waals surface area contributed by atoms with Gasteiger partial charge in [0.2, 0.25) is 0 Å². The van der Waals surface area contributed by atoms with Crippen LogP contribution in [-0.2, 0) is 4.79 Å². The van der Waals surface area contributed by atoms with Gasteiger partial charge in [0.15, 0.2) is 0 Å². The predicted molar refractivity (Wildman–Crippen MR) is 58.1 cm³/mol. The first-order valence-electron chi connectivity index (χ1n) is 5.87. The number of carbonyl (C=O) groups excluding carboxylic acids is 1. The zero-order valence-electron chi connectivity index (χ0n) is 9.94. The van der Waals surface area contributed by atoms with E-state index in [1.807, 2.05) is 0 Å². The highest BCUT2D eigenvalue weighted by Crippen LogP contribution is 2.67. The molecule has 0 aromatic carbocycles. The Hall–Kier alpha value is -0.330. The summed E-state index contributed by atoms with van der Waals surface area (Å²) in [5.74, 6) is 0.493. The van der Waals surface area contributed by atoms with E-state index in [4.69, 9.17) is 0 Å². The molecule has 0 heterocycles. The molecule has 0 aromatic heterocycles. The van der Waals surface area contributed by atoms with E-state index in [1.165, 1.54) is 19.3 Å². The van der Waals surface area contributed by atoms with Crippen LogP contribution in [0.2, 0.25) is 0 Å². The lowest BCUT2D eigenvalue weighted by atomic mass is 9.56. The molecule has 80 valence electrons. The monoisotopic (exact) mass is 194 g/mol. The molecule has 0 aliphatic heterocycles. The highest BCUT2D eigenvalue weighted by Gasteiger charge is 2.62. The van der Waals surface area contributed by atoms with E-state index in [0.717, 1.165) is 12.8 Å². The Morgan fingerprint density at radius 1 is 1.00 bits per heavy atom. The van der Waals surface area contributed by atoms with Crippen molar-refractivity contribution in [2.45, 2.75) is 59.8 Å². The Kier molecular flexibility index (Phi) is 1.91. The molecule has 1 spiro atoms. The van der Waals surface area contributed by atoms with Crippen LogP contribution in [0.3, 0.4) is 0 Å². The topological polar surface area (TPSA) is 17.1 Å². The summed E-state index contributed by atoms with van der Waals surface area (Å²) < 4.78 is 0. The normalized spacial score (nSPS) is 39.6. The molecule has 0 unspecified atom stereocenters. The second kappa shape index (κ2) is 2.62. The molecule has 1 atom stereocenters. The fraction of sp³-hybridized carbons (Fsp3) is 0.923. The molecule has 0 bridgehead atoms. The Morgan fingerprint density at radius 2 is 1.64 bits per heavy atom. The van der Waals surface area contributed by atoms with Crippen LogP contribution in [0.25, 0.3) is 0 Å². The maximum atomic E-state index is 11.9. The maximum absolute atomic E-state index is 11.9. The zero-order chi connectivity index (χ0) is 10.6. The minimum Gasteiger partial charge on any atom is -0.299 e. The van der Waals surface area contributed by atoms with E-state index in [0.29, 0.717) is 16.6 Å². The molecule has 2 saturated carbocycles. The van der Waals surface area contributed by atoms with Crippen molar-refractivity contribution in [1.82, 2.24) is 0 Å². The highest BCUT2D eigenvalue weighted by atomic mass is 16.1. The summed E-state index contributed by atoms with van der Waals surface area (Å²) >= 11 is 0. The third-order valence-electron chi connectivity index (χ3n) is 5.37. The van der Waals surface area contributed by atoms with Gasteiger partial charge in [0, 0.05) is 11.8 Å². The molecular formula is C13H22O. The second-order valence-electron chi connectivity index (χ2n) is 6.37. The van der Waals surface area contributed by atoms with Gasteiger partial charge in [-0.05, 0) is 30.1 Å².